The molecule has 1 heterocycles. The number of carbonyl (C=O) groups excluding carboxylic acids is 1. The molecule has 1 rings (SSSR count). The Bertz CT molecular complexity index is 361. The first-order chi connectivity index (χ1) is 8.84. The monoisotopic (exact) mass is 297 g/mol. The number of carbonyl (C=O) groups is 1. The molecule has 0 bridgehead atoms. The van der Waals surface area contributed by atoms with Gasteiger partial charge in [0.15, 0.2) is 5.60 Å². The lowest BCUT2D eigenvalue weighted by molar-refractivity contribution is -0.275. The molecule has 118 valence electrons. The Balaban J connectivity index is 2.75. The molecule has 2 atom stereocenters. The number of rotatable bonds is 1. The third-order valence-corrected chi connectivity index (χ3v) is 3.44. The second-order valence-corrected chi connectivity index (χ2v) is 6.41. The van der Waals surface area contributed by atoms with E-state index in [-0.39, 0.29) is 13.0 Å². The number of amides is 1. The number of alkyl halides is 3. The maximum atomic E-state index is 12.8. The first kappa shape index (κ1) is 17.1. The molecule has 1 N–H and O–H groups in total. The molecule has 1 amide bonds. The Labute approximate surface area is 116 Å². The number of hydrogen-bond acceptors (Lipinski definition) is 3. The molecule has 0 aromatic heterocycles. The molecule has 0 aromatic carbocycles. The topological polar surface area (TPSA) is 49.8 Å². The fourth-order valence-electron chi connectivity index (χ4n) is 2.16. The lowest BCUT2D eigenvalue weighted by Crippen LogP contribution is -2.55. The van der Waals surface area contributed by atoms with Crippen molar-refractivity contribution in [2.24, 2.45) is 5.92 Å². The van der Waals surface area contributed by atoms with Crippen molar-refractivity contribution in [3.8, 4) is 0 Å². The largest absolute Gasteiger partial charge is 0.444 e. The van der Waals surface area contributed by atoms with Gasteiger partial charge in [-0.25, -0.2) is 4.79 Å². The smallest absolute Gasteiger partial charge is 0.417 e. The molecule has 20 heavy (non-hydrogen) atoms. The lowest BCUT2D eigenvalue weighted by Gasteiger charge is -2.41. The number of hydrogen-bond donors (Lipinski definition) is 1. The summed E-state index contributed by atoms with van der Waals surface area (Å²) >= 11 is 0. The van der Waals surface area contributed by atoms with E-state index in [1.165, 1.54) is 4.90 Å². The fraction of sp³-hybridized carbons (Fsp3) is 0.923. The Kier molecular flexibility index (Phi) is 4.63. The molecule has 7 heteroatoms. The first-order valence-electron chi connectivity index (χ1n) is 6.61. The van der Waals surface area contributed by atoms with Gasteiger partial charge in [0.1, 0.15) is 5.60 Å². The van der Waals surface area contributed by atoms with E-state index in [1.54, 1.807) is 20.8 Å². The van der Waals surface area contributed by atoms with E-state index in [1.807, 2.05) is 0 Å². The Morgan fingerprint density at radius 1 is 1.25 bits per heavy atom. The van der Waals surface area contributed by atoms with Crippen LogP contribution in [0.2, 0.25) is 0 Å². The summed E-state index contributed by atoms with van der Waals surface area (Å²) in [6, 6.07) is 0. The zero-order valence-corrected chi connectivity index (χ0v) is 12.3. The first-order valence-corrected chi connectivity index (χ1v) is 6.61. The van der Waals surface area contributed by atoms with E-state index >= 15 is 0 Å². The van der Waals surface area contributed by atoms with Crippen molar-refractivity contribution < 1.29 is 27.8 Å². The molecule has 4 nitrogen and oxygen atoms in total. The standard InChI is InChI=1S/C13H22F3NO3/c1-11(2,3)20-10(18)17-7-5-6-9(8-17)12(4,19)13(14,15)16/h9,19H,5-8H2,1-4H3/t9-,12+/m1/s1. The highest BCUT2D eigenvalue weighted by Crippen LogP contribution is 2.39. The van der Waals surface area contributed by atoms with Gasteiger partial charge in [-0.1, -0.05) is 0 Å². The van der Waals surface area contributed by atoms with Crippen LogP contribution in [0.4, 0.5) is 18.0 Å². The number of likely N-dealkylation sites (tertiary alicyclic amines) is 1. The summed E-state index contributed by atoms with van der Waals surface area (Å²) in [6.07, 6.45) is -4.71. The molecular formula is C13H22F3NO3. The molecule has 0 radical (unpaired) electrons. The highest BCUT2D eigenvalue weighted by atomic mass is 19.4. The molecule has 0 aromatic rings. The van der Waals surface area contributed by atoms with Crippen molar-refractivity contribution in [2.75, 3.05) is 13.1 Å². The summed E-state index contributed by atoms with van der Waals surface area (Å²) in [5.41, 5.74) is -3.50. The summed E-state index contributed by atoms with van der Waals surface area (Å²) in [4.78, 5) is 13.1. The third kappa shape index (κ3) is 4.01. The van der Waals surface area contributed by atoms with Crippen LogP contribution in [0.25, 0.3) is 0 Å². The normalized spacial score (nSPS) is 24.2. The minimum atomic E-state index is -4.71. The predicted molar refractivity (Wildman–Crippen MR) is 67.2 cm³/mol. The number of ether oxygens (including phenoxy) is 1. The van der Waals surface area contributed by atoms with Gasteiger partial charge in [0.2, 0.25) is 0 Å². The SMILES string of the molecule is CC(C)(C)OC(=O)N1CCC[C@@H]([C@](C)(O)C(F)(F)F)C1. The van der Waals surface area contributed by atoms with Crippen LogP contribution in [0.15, 0.2) is 0 Å². The van der Waals surface area contributed by atoms with Gasteiger partial charge in [0, 0.05) is 19.0 Å². The summed E-state index contributed by atoms with van der Waals surface area (Å²) in [5, 5.41) is 9.70. The number of halogens is 3. The van der Waals surface area contributed by atoms with Crippen LogP contribution in [0.1, 0.15) is 40.5 Å². The van der Waals surface area contributed by atoms with E-state index in [0.29, 0.717) is 13.0 Å². The van der Waals surface area contributed by atoms with Crippen LogP contribution in [0.3, 0.4) is 0 Å². The minimum Gasteiger partial charge on any atom is -0.444 e. The van der Waals surface area contributed by atoms with E-state index in [2.05, 4.69) is 0 Å². The van der Waals surface area contributed by atoms with Crippen LogP contribution >= 0.6 is 0 Å². The fourth-order valence-corrected chi connectivity index (χ4v) is 2.16. The van der Waals surface area contributed by atoms with Gasteiger partial charge in [0.25, 0.3) is 0 Å². The van der Waals surface area contributed by atoms with Gasteiger partial charge < -0.3 is 14.7 Å². The van der Waals surface area contributed by atoms with Crippen molar-refractivity contribution in [1.82, 2.24) is 4.90 Å². The lowest BCUT2D eigenvalue weighted by atomic mass is 9.82. The highest BCUT2D eigenvalue weighted by Gasteiger charge is 2.55. The summed E-state index contributed by atoms with van der Waals surface area (Å²) in [6.45, 7) is 6.03. The molecule has 1 aliphatic rings. The second-order valence-electron chi connectivity index (χ2n) is 6.41. The maximum Gasteiger partial charge on any atom is 0.417 e. The van der Waals surface area contributed by atoms with Crippen molar-refractivity contribution in [2.45, 2.75) is 57.9 Å². The second kappa shape index (κ2) is 5.42. The molecule has 1 saturated heterocycles. The van der Waals surface area contributed by atoms with Gasteiger partial charge >= 0.3 is 12.3 Å². The van der Waals surface area contributed by atoms with Gasteiger partial charge in [-0.3, -0.25) is 0 Å². The van der Waals surface area contributed by atoms with E-state index in [0.717, 1.165) is 6.92 Å². The Hall–Kier alpha value is -0.980. The average Bonchev–Trinajstić information content (AvgIpc) is 2.25. The quantitative estimate of drug-likeness (QED) is 0.809. The predicted octanol–water partition coefficient (Wildman–Crippen LogP) is 2.95. The van der Waals surface area contributed by atoms with Crippen molar-refractivity contribution >= 4 is 6.09 Å². The van der Waals surface area contributed by atoms with E-state index < -0.39 is 29.4 Å². The molecule has 0 spiro atoms. The van der Waals surface area contributed by atoms with Crippen LogP contribution in [0.5, 0.6) is 0 Å². The molecule has 0 saturated carbocycles. The van der Waals surface area contributed by atoms with Crippen molar-refractivity contribution in [3.05, 3.63) is 0 Å². The molecule has 1 aliphatic heterocycles. The molecule has 0 aliphatic carbocycles. The van der Waals surface area contributed by atoms with Crippen LogP contribution in [-0.4, -0.2) is 46.6 Å². The number of aliphatic hydroxyl groups is 1. The molecule has 0 unspecified atom stereocenters. The Morgan fingerprint density at radius 2 is 1.80 bits per heavy atom. The highest BCUT2D eigenvalue weighted by molar-refractivity contribution is 5.68. The zero-order chi connectivity index (χ0) is 15.8. The van der Waals surface area contributed by atoms with Crippen LogP contribution in [-0.2, 0) is 4.74 Å². The third-order valence-electron chi connectivity index (χ3n) is 3.44. The van der Waals surface area contributed by atoms with Gasteiger partial charge in [-0.2, -0.15) is 13.2 Å². The maximum absolute atomic E-state index is 12.8. The zero-order valence-electron chi connectivity index (χ0n) is 12.3. The van der Waals surface area contributed by atoms with E-state index in [9.17, 15) is 23.1 Å². The minimum absolute atomic E-state index is 0.151. The summed E-state index contributed by atoms with van der Waals surface area (Å²) < 4.78 is 43.6. The summed E-state index contributed by atoms with van der Waals surface area (Å²) in [5.74, 6) is -1.04. The Morgan fingerprint density at radius 3 is 2.25 bits per heavy atom. The summed E-state index contributed by atoms with van der Waals surface area (Å²) in [7, 11) is 0. The van der Waals surface area contributed by atoms with Crippen molar-refractivity contribution in [1.29, 1.82) is 0 Å². The van der Waals surface area contributed by atoms with Gasteiger partial charge in [0.05, 0.1) is 0 Å². The van der Waals surface area contributed by atoms with Gasteiger partial charge in [-0.15, -0.1) is 0 Å². The number of nitrogens with zero attached hydrogens (tertiary/aromatic N) is 1. The van der Waals surface area contributed by atoms with Crippen LogP contribution in [0, 0.1) is 5.92 Å². The average molecular weight is 297 g/mol. The van der Waals surface area contributed by atoms with Gasteiger partial charge in [-0.05, 0) is 40.5 Å². The molecule has 1 fully saturated rings. The molecular weight excluding hydrogens is 275 g/mol. The van der Waals surface area contributed by atoms with Crippen LogP contribution < -0.4 is 0 Å². The van der Waals surface area contributed by atoms with Crippen molar-refractivity contribution in [3.63, 3.8) is 0 Å². The number of piperidine rings is 1. The van der Waals surface area contributed by atoms with E-state index in [4.69, 9.17) is 4.74 Å².